The Kier molecular flexibility index (Phi) is 5.38. The zero-order valence-electron chi connectivity index (χ0n) is 13.7. The minimum absolute atomic E-state index is 0.0124. The highest BCUT2D eigenvalue weighted by atomic mass is 35.5. The molecular formula is C16H11ClFN5O3S. The van der Waals surface area contributed by atoms with Gasteiger partial charge in [-0.15, -0.1) is 10.2 Å². The van der Waals surface area contributed by atoms with E-state index in [4.69, 9.17) is 11.6 Å². The van der Waals surface area contributed by atoms with Gasteiger partial charge in [0.1, 0.15) is 12.1 Å². The van der Waals surface area contributed by atoms with E-state index in [2.05, 4.69) is 15.5 Å². The lowest BCUT2D eigenvalue weighted by atomic mass is 10.2. The number of nitrogens with zero attached hydrogens (tertiary/aromatic N) is 4. The highest BCUT2D eigenvalue weighted by Crippen LogP contribution is 2.34. The van der Waals surface area contributed by atoms with Gasteiger partial charge in [-0.25, -0.2) is 4.39 Å². The minimum Gasteiger partial charge on any atom is -0.319 e. The third-order valence-corrected chi connectivity index (χ3v) is 4.82. The molecule has 3 rings (SSSR count). The lowest BCUT2D eigenvalue weighted by Gasteiger charge is -2.08. The molecule has 3 aromatic rings. The molecule has 1 amide bonds. The fourth-order valence-corrected chi connectivity index (χ4v) is 3.14. The maximum absolute atomic E-state index is 13.8. The maximum Gasteiger partial charge on any atom is 0.284 e. The molecule has 1 aromatic heterocycles. The third-order valence-electron chi connectivity index (χ3n) is 3.47. The Bertz CT molecular complexity index is 1040. The number of carbonyl (C=O) groups is 1. The predicted molar refractivity (Wildman–Crippen MR) is 97.6 cm³/mol. The summed E-state index contributed by atoms with van der Waals surface area (Å²) in [5.74, 6) is -1.39. The van der Waals surface area contributed by atoms with Crippen LogP contribution in [-0.2, 0) is 7.05 Å². The first kappa shape index (κ1) is 18.8. The molecule has 8 nitrogen and oxygen atoms in total. The van der Waals surface area contributed by atoms with Crippen molar-refractivity contribution < 1.29 is 14.1 Å². The van der Waals surface area contributed by atoms with Crippen molar-refractivity contribution in [3.05, 3.63) is 69.2 Å². The fourth-order valence-electron chi connectivity index (χ4n) is 2.14. The Labute approximate surface area is 161 Å². The number of carbonyl (C=O) groups excluding carboxylic acids is 1. The molecule has 2 aromatic carbocycles. The van der Waals surface area contributed by atoms with E-state index in [1.54, 1.807) is 11.6 Å². The van der Waals surface area contributed by atoms with Crippen LogP contribution in [0.2, 0.25) is 5.02 Å². The molecule has 138 valence electrons. The first-order valence-corrected chi connectivity index (χ1v) is 8.61. The van der Waals surface area contributed by atoms with E-state index in [9.17, 15) is 19.3 Å². The zero-order chi connectivity index (χ0) is 19.6. The van der Waals surface area contributed by atoms with E-state index in [0.717, 1.165) is 23.9 Å². The van der Waals surface area contributed by atoms with Gasteiger partial charge in [0.2, 0.25) is 0 Å². The smallest absolute Gasteiger partial charge is 0.284 e. The SMILES string of the molecule is Cn1cnnc1Sc1ccc(C(=O)Nc2ccc(Cl)cc2F)cc1[N+](=O)[O-]. The lowest BCUT2D eigenvalue weighted by Crippen LogP contribution is -2.13. The summed E-state index contributed by atoms with van der Waals surface area (Å²) in [6, 6.07) is 7.76. The van der Waals surface area contributed by atoms with Gasteiger partial charge >= 0.3 is 0 Å². The molecule has 0 aliphatic heterocycles. The second kappa shape index (κ2) is 7.72. The molecule has 0 aliphatic rings. The summed E-state index contributed by atoms with van der Waals surface area (Å²) >= 11 is 6.72. The average Bonchev–Trinajstić information content (AvgIpc) is 3.02. The van der Waals surface area contributed by atoms with E-state index in [1.165, 1.54) is 30.6 Å². The Hall–Kier alpha value is -2.98. The van der Waals surface area contributed by atoms with E-state index in [0.29, 0.717) is 10.1 Å². The summed E-state index contributed by atoms with van der Waals surface area (Å²) in [6.45, 7) is 0. The van der Waals surface area contributed by atoms with Crippen LogP contribution >= 0.6 is 23.4 Å². The van der Waals surface area contributed by atoms with Crippen LogP contribution in [0.15, 0.2) is 52.8 Å². The normalized spacial score (nSPS) is 10.6. The summed E-state index contributed by atoms with van der Waals surface area (Å²) in [5.41, 5.74) is -0.338. The number of amides is 1. The van der Waals surface area contributed by atoms with Gasteiger partial charge in [0.15, 0.2) is 5.16 Å². The molecule has 0 saturated heterocycles. The number of anilines is 1. The van der Waals surface area contributed by atoms with Crippen molar-refractivity contribution in [2.24, 2.45) is 7.05 Å². The van der Waals surface area contributed by atoms with Crippen molar-refractivity contribution in [3.8, 4) is 0 Å². The summed E-state index contributed by atoms with van der Waals surface area (Å²) < 4.78 is 15.4. The molecule has 1 heterocycles. The van der Waals surface area contributed by atoms with Gasteiger partial charge in [0, 0.05) is 23.7 Å². The van der Waals surface area contributed by atoms with Crippen LogP contribution in [-0.4, -0.2) is 25.6 Å². The summed E-state index contributed by atoms with van der Waals surface area (Å²) in [6.07, 6.45) is 1.47. The summed E-state index contributed by atoms with van der Waals surface area (Å²) in [7, 11) is 1.71. The molecule has 11 heteroatoms. The van der Waals surface area contributed by atoms with Crippen LogP contribution in [0.3, 0.4) is 0 Å². The van der Waals surface area contributed by atoms with E-state index >= 15 is 0 Å². The van der Waals surface area contributed by atoms with Crippen LogP contribution < -0.4 is 5.32 Å². The van der Waals surface area contributed by atoms with Crippen molar-refractivity contribution >= 4 is 40.6 Å². The van der Waals surface area contributed by atoms with E-state index in [-0.39, 0.29) is 22.0 Å². The van der Waals surface area contributed by atoms with Crippen molar-refractivity contribution in [1.29, 1.82) is 0 Å². The van der Waals surface area contributed by atoms with Crippen LogP contribution in [0.4, 0.5) is 15.8 Å². The van der Waals surface area contributed by atoms with Gasteiger partial charge in [0.25, 0.3) is 11.6 Å². The quantitative estimate of drug-likeness (QED) is 0.508. The van der Waals surface area contributed by atoms with Gasteiger partial charge in [0.05, 0.1) is 15.5 Å². The molecular weight excluding hydrogens is 397 g/mol. The van der Waals surface area contributed by atoms with E-state index in [1.807, 2.05) is 0 Å². The highest BCUT2D eigenvalue weighted by molar-refractivity contribution is 7.99. The number of aromatic nitrogens is 3. The fraction of sp³-hybridized carbons (Fsp3) is 0.0625. The second-order valence-electron chi connectivity index (χ2n) is 5.34. The summed E-state index contributed by atoms with van der Waals surface area (Å²) in [5, 5.41) is 22.0. The van der Waals surface area contributed by atoms with Gasteiger partial charge in [-0.05, 0) is 42.1 Å². The molecule has 0 unspecified atom stereocenters. The number of rotatable bonds is 5. The van der Waals surface area contributed by atoms with Crippen LogP contribution in [0.25, 0.3) is 0 Å². The van der Waals surface area contributed by atoms with Crippen LogP contribution in [0, 0.1) is 15.9 Å². The molecule has 0 spiro atoms. The number of hydrogen-bond acceptors (Lipinski definition) is 6. The molecule has 0 saturated carbocycles. The topological polar surface area (TPSA) is 103 Å². The molecule has 0 bridgehead atoms. The molecule has 27 heavy (non-hydrogen) atoms. The molecule has 0 aliphatic carbocycles. The van der Waals surface area contributed by atoms with Gasteiger partial charge in [-0.1, -0.05) is 11.6 Å². The van der Waals surface area contributed by atoms with E-state index < -0.39 is 16.6 Å². The average molecular weight is 408 g/mol. The van der Waals surface area contributed by atoms with Gasteiger partial charge < -0.3 is 9.88 Å². The molecule has 0 fully saturated rings. The molecule has 0 radical (unpaired) electrons. The van der Waals surface area contributed by atoms with Crippen molar-refractivity contribution in [1.82, 2.24) is 14.8 Å². The van der Waals surface area contributed by atoms with Crippen LogP contribution in [0.5, 0.6) is 0 Å². The third kappa shape index (κ3) is 4.23. The van der Waals surface area contributed by atoms with Crippen LogP contribution in [0.1, 0.15) is 10.4 Å². The zero-order valence-corrected chi connectivity index (χ0v) is 15.3. The Balaban J connectivity index is 1.88. The molecule has 1 N–H and O–H groups in total. The Morgan fingerprint density at radius 1 is 1.33 bits per heavy atom. The minimum atomic E-state index is -0.709. The largest absolute Gasteiger partial charge is 0.319 e. The van der Waals surface area contributed by atoms with Crippen molar-refractivity contribution in [2.45, 2.75) is 10.1 Å². The first-order valence-electron chi connectivity index (χ1n) is 7.42. The Morgan fingerprint density at radius 3 is 2.74 bits per heavy atom. The Morgan fingerprint density at radius 2 is 2.11 bits per heavy atom. The number of aryl methyl sites for hydroxylation is 1. The number of halogens is 2. The monoisotopic (exact) mass is 407 g/mol. The standard InChI is InChI=1S/C16H11ClFN5O3S/c1-22-8-19-21-16(22)27-14-5-2-9(6-13(14)23(25)26)15(24)20-12-4-3-10(17)7-11(12)18/h2-8H,1H3,(H,20,24). The number of hydrogen-bond donors (Lipinski definition) is 1. The van der Waals surface area contributed by atoms with Gasteiger partial charge in [-0.2, -0.15) is 0 Å². The number of nitro groups is 1. The predicted octanol–water partition coefficient (Wildman–Crippen LogP) is 3.92. The summed E-state index contributed by atoms with van der Waals surface area (Å²) in [4.78, 5) is 23.4. The van der Waals surface area contributed by atoms with Crippen molar-refractivity contribution in [3.63, 3.8) is 0 Å². The number of nitro benzene ring substituents is 1. The molecule has 0 atom stereocenters. The van der Waals surface area contributed by atoms with Crippen molar-refractivity contribution in [2.75, 3.05) is 5.32 Å². The lowest BCUT2D eigenvalue weighted by molar-refractivity contribution is -0.387. The second-order valence-corrected chi connectivity index (χ2v) is 6.79. The van der Waals surface area contributed by atoms with Gasteiger partial charge in [-0.3, -0.25) is 14.9 Å². The maximum atomic E-state index is 13.8. The number of nitrogens with one attached hydrogen (secondary N) is 1. The number of benzene rings is 2. The highest BCUT2D eigenvalue weighted by Gasteiger charge is 2.20. The first-order chi connectivity index (χ1) is 12.8.